The highest BCUT2D eigenvalue weighted by Crippen LogP contribution is 2.21. The van der Waals surface area contributed by atoms with E-state index in [0.717, 1.165) is 19.3 Å². The molecule has 0 bridgehead atoms. The molecule has 2 aromatic heterocycles. The van der Waals surface area contributed by atoms with Crippen LogP contribution in [0.5, 0.6) is 0 Å². The number of carbonyl (C=O) groups excluding carboxylic acids is 5. The minimum atomic E-state index is -0.514. The maximum atomic E-state index is 12.9. The van der Waals surface area contributed by atoms with Crippen LogP contribution >= 0.6 is 0 Å². The summed E-state index contributed by atoms with van der Waals surface area (Å²) < 4.78 is 30.4. The summed E-state index contributed by atoms with van der Waals surface area (Å²) in [4.78, 5) is 98.3. The van der Waals surface area contributed by atoms with E-state index in [2.05, 4.69) is 60.0 Å². The molecule has 0 aliphatic carbocycles. The van der Waals surface area contributed by atoms with Gasteiger partial charge in [-0.25, -0.2) is 15.0 Å². The number of benzene rings is 1. The zero-order chi connectivity index (χ0) is 68.3. The molecule has 2 heterocycles. The number of hydrogen-bond donors (Lipinski definition) is 5. The average Bonchev–Trinajstić information content (AvgIpc) is 0.825. The lowest BCUT2D eigenvalue weighted by atomic mass is 10.0. The summed E-state index contributed by atoms with van der Waals surface area (Å²) in [5, 5.41) is 11.7. The number of H-pyrrole nitrogens is 1. The van der Waals surface area contributed by atoms with E-state index < -0.39 is 16.8 Å². The zero-order valence-corrected chi connectivity index (χ0v) is 59.2. The Morgan fingerprint density at radius 1 is 0.585 bits per heavy atom. The second kappa shape index (κ2) is 51.3. The first kappa shape index (κ1) is 82.3. The molecule has 0 fully saturated rings. The fraction of sp³-hybridized carbons (Fsp3) is 0.750. The Hall–Kier alpha value is -5.94. The monoisotopic (exact) mass is 1320 g/mol. The van der Waals surface area contributed by atoms with Crippen molar-refractivity contribution in [3.63, 3.8) is 0 Å². The standard InChI is InChI=1S/C72H123N11O11/c1-9-11-13-15-17-19-21-23-25-27-29-31-47-91-56-62(92-48-32-30-28-26-24-22-20-18-16-14-12-10-2)54-76-64(86)36-33-44-73-65(87)41-49-90-51-52-94-72(5,6)43-50-93-71(3,4)42-46-74-63(85)35-34-45-75-68(88)59-37-39-61(40-38-59)83(58-84)55-60-53-77-67-66(79-60)69(89)81-70(80-67)78-57-82(7)8/h37-40,53,57-58,62H,9-36,41-52,54-56H2,1-8H3,(H,73,87)(H,74,85)(H,75,88)(H,76,86)(H,77,80,81,89)/b78-57-. The number of aromatic nitrogens is 4. The van der Waals surface area contributed by atoms with Crippen LogP contribution in [-0.2, 0) is 49.4 Å². The maximum Gasteiger partial charge on any atom is 0.280 e. The number of aromatic amines is 1. The molecular formula is C72H123N11O11. The summed E-state index contributed by atoms with van der Waals surface area (Å²) in [6.45, 7) is 17.3. The van der Waals surface area contributed by atoms with Crippen LogP contribution < -0.4 is 31.7 Å². The molecule has 3 aromatic rings. The highest BCUT2D eigenvalue weighted by Gasteiger charge is 2.24. The Morgan fingerprint density at radius 2 is 1.12 bits per heavy atom. The smallest absolute Gasteiger partial charge is 0.280 e. The minimum absolute atomic E-state index is 0.0149. The van der Waals surface area contributed by atoms with Gasteiger partial charge in [-0.1, -0.05) is 155 Å². The highest BCUT2D eigenvalue weighted by atomic mass is 16.5. The molecule has 22 nitrogen and oxygen atoms in total. The molecule has 5 N–H and O–H groups in total. The van der Waals surface area contributed by atoms with Gasteiger partial charge in [0.2, 0.25) is 30.1 Å². The summed E-state index contributed by atoms with van der Waals surface area (Å²) in [6.07, 6.45) is 37.6. The normalized spacial score (nSPS) is 12.1. The maximum absolute atomic E-state index is 12.9. The van der Waals surface area contributed by atoms with Gasteiger partial charge in [0.05, 0.1) is 75.1 Å². The van der Waals surface area contributed by atoms with Crippen molar-refractivity contribution >= 4 is 59.2 Å². The number of unbranched alkanes of at least 4 members (excludes halogenated alkanes) is 22. The number of nitrogens with one attached hydrogen (secondary N) is 5. The van der Waals surface area contributed by atoms with Gasteiger partial charge in [0.1, 0.15) is 0 Å². The van der Waals surface area contributed by atoms with Crippen molar-refractivity contribution in [2.75, 3.05) is 91.4 Å². The fourth-order valence-electron chi connectivity index (χ4n) is 10.4. The molecule has 3 rings (SSSR count). The van der Waals surface area contributed by atoms with Gasteiger partial charge in [-0.3, -0.25) is 33.8 Å². The van der Waals surface area contributed by atoms with Gasteiger partial charge >= 0.3 is 0 Å². The molecule has 0 spiro atoms. The van der Waals surface area contributed by atoms with Crippen molar-refractivity contribution in [2.45, 2.75) is 264 Å². The quantitative estimate of drug-likeness (QED) is 0.0152. The van der Waals surface area contributed by atoms with Crippen LogP contribution in [0.1, 0.15) is 257 Å². The predicted octanol–water partition coefficient (Wildman–Crippen LogP) is 12.3. The molecule has 0 saturated heterocycles. The molecule has 0 aliphatic heterocycles. The van der Waals surface area contributed by atoms with E-state index in [0.29, 0.717) is 121 Å². The lowest BCUT2D eigenvalue weighted by molar-refractivity contribution is -0.124. The van der Waals surface area contributed by atoms with Crippen LogP contribution in [0.3, 0.4) is 0 Å². The molecule has 0 radical (unpaired) electrons. The molecule has 1 unspecified atom stereocenters. The van der Waals surface area contributed by atoms with Crippen molar-refractivity contribution in [1.29, 1.82) is 0 Å². The van der Waals surface area contributed by atoms with Crippen LogP contribution in [0.15, 0.2) is 40.2 Å². The summed E-state index contributed by atoms with van der Waals surface area (Å²) >= 11 is 0. The minimum Gasteiger partial charge on any atom is -0.379 e. The second-order valence-corrected chi connectivity index (χ2v) is 26.3. The van der Waals surface area contributed by atoms with Gasteiger partial charge in [0, 0.05) is 84.0 Å². The molecule has 532 valence electrons. The Labute approximate surface area is 563 Å². The van der Waals surface area contributed by atoms with Crippen molar-refractivity contribution in [3.8, 4) is 0 Å². The van der Waals surface area contributed by atoms with Crippen LogP contribution in [0.4, 0.5) is 11.6 Å². The summed E-state index contributed by atoms with van der Waals surface area (Å²) in [6, 6.07) is 6.46. The van der Waals surface area contributed by atoms with Crippen molar-refractivity contribution < 1.29 is 47.7 Å². The van der Waals surface area contributed by atoms with E-state index >= 15 is 0 Å². The summed E-state index contributed by atoms with van der Waals surface area (Å²) in [5.74, 6) is -0.536. The Balaban J connectivity index is 1.20. The first-order valence-electron chi connectivity index (χ1n) is 35.9. The van der Waals surface area contributed by atoms with Crippen LogP contribution in [0, 0.1) is 0 Å². The van der Waals surface area contributed by atoms with E-state index in [1.807, 2.05) is 27.7 Å². The third-order valence-electron chi connectivity index (χ3n) is 16.3. The number of ether oxygens (including phenoxy) is 5. The van der Waals surface area contributed by atoms with Crippen molar-refractivity contribution in [3.05, 3.63) is 52.1 Å². The Kier molecular flexibility index (Phi) is 45.0. The van der Waals surface area contributed by atoms with E-state index in [1.165, 1.54) is 152 Å². The Bertz CT molecular complexity index is 2600. The molecular weight excluding hydrogens is 1190 g/mol. The number of carbonyl (C=O) groups is 5. The van der Waals surface area contributed by atoms with E-state index in [4.69, 9.17) is 23.7 Å². The number of aliphatic imine (C=N–C) groups is 1. The first-order chi connectivity index (χ1) is 45.4. The number of amides is 5. The van der Waals surface area contributed by atoms with Crippen LogP contribution in [0.25, 0.3) is 11.2 Å². The molecule has 1 aromatic carbocycles. The number of hydrogen-bond acceptors (Lipinski definition) is 15. The fourth-order valence-corrected chi connectivity index (χ4v) is 10.4. The number of fused-ring (bicyclic) bond motifs is 1. The van der Waals surface area contributed by atoms with Crippen molar-refractivity contribution in [2.24, 2.45) is 4.99 Å². The lowest BCUT2D eigenvalue weighted by Gasteiger charge is -2.30. The summed E-state index contributed by atoms with van der Waals surface area (Å²) in [7, 11) is 3.57. The molecule has 0 saturated carbocycles. The molecule has 0 aliphatic rings. The van der Waals surface area contributed by atoms with Crippen molar-refractivity contribution in [1.82, 2.24) is 46.1 Å². The number of rotatable bonds is 60. The molecule has 22 heteroatoms. The van der Waals surface area contributed by atoms with Gasteiger partial charge in [0.15, 0.2) is 11.2 Å². The molecule has 5 amide bonds. The van der Waals surface area contributed by atoms with Gasteiger partial charge in [-0.2, -0.15) is 4.98 Å². The Morgan fingerprint density at radius 3 is 1.71 bits per heavy atom. The SMILES string of the molecule is CCCCCCCCCCCCCCOCC(CNC(=O)CCCNC(=O)CCOCCOC(C)(C)CCOC(C)(C)CCNC(=O)CCCNC(=O)c1ccc(N(C=O)Cc2cnc3nc(/N=C\N(C)C)[nH]c(=O)c3n2)cc1)OCCCCCCCCCCCCCC. The first-order valence-corrected chi connectivity index (χ1v) is 35.9. The summed E-state index contributed by atoms with van der Waals surface area (Å²) in [5.41, 5.74) is -0.101. The molecule has 94 heavy (non-hydrogen) atoms. The van der Waals surface area contributed by atoms with Gasteiger partial charge in [-0.05, 0) is 90.5 Å². The third-order valence-corrected chi connectivity index (χ3v) is 16.3. The van der Waals surface area contributed by atoms with E-state index in [-0.39, 0.29) is 72.8 Å². The number of anilines is 1. The van der Waals surface area contributed by atoms with Gasteiger partial charge in [-0.15, -0.1) is 0 Å². The zero-order valence-electron chi connectivity index (χ0n) is 59.2. The number of nitrogens with zero attached hydrogens (tertiary/aromatic N) is 6. The topological polar surface area (TPSA) is 270 Å². The third kappa shape index (κ3) is 41.1. The van der Waals surface area contributed by atoms with Crippen LogP contribution in [-0.4, -0.2) is 165 Å². The average molecular weight is 1320 g/mol. The largest absolute Gasteiger partial charge is 0.379 e. The highest BCUT2D eigenvalue weighted by molar-refractivity contribution is 5.94. The molecule has 1 atom stereocenters. The van der Waals surface area contributed by atoms with E-state index in [1.54, 1.807) is 43.3 Å². The van der Waals surface area contributed by atoms with Gasteiger partial charge in [0.25, 0.3) is 11.5 Å². The van der Waals surface area contributed by atoms with Gasteiger partial charge < -0.3 is 54.8 Å². The second-order valence-electron chi connectivity index (χ2n) is 26.3. The van der Waals surface area contributed by atoms with E-state index in [9.17, 15) is 28.8 Å². The lowest BCUT2D eigenvalue weighted by Crippen LogP contribution is -2.37. The predicted molar refractivity (Wildman–Crippen MR) is 376 cm³/mol. The van der Waals surface area contributed by atoms with Crippen LogP contribution in [0.2, 0.25) is 0 Å².